The highest BCUT2D eigenvalue weighted by Crippen LogP contribution is 2.13. The number of pyridine rings is 1. The van der Waals surface area contributed by atoms with Gasteiger partial charge in [-0.3, -0.25) is 5.01 Å². The van der Waals surface area contributed by atoms with Gasteiger partial charge >= 0.3 is 0 Å². The van der Waals surface area contributed by atoms with E-state index < -0.39 is 0 Å². The Labute approximate surface area is 129 Å². The molecular formula is C16H17ClN4. The standard InChI is InChI=1S/C16H17ClN4/c17-15-6-4-14(5-7-15)13-19-21-11-9-20(10-12-21)16-3-1-2-8-18-16/h1-8,13H,9-12H2/b19-13-. The molecule has 1 saturated heterocycles. The highest BCUT2D eigenvalue weighted by Gasteiger charge is 2.15. The number of nitrogens with zero attached hydrogens (tertiary/aromatic N) is 4. The molecule has 2 aromatic rings. The first-order chi connectivity index (χ1) is 10.3. The molecule has 0 atom stereocenters. The number of anilines is 1. The molecule has 0 saturated carbocycles. The quantitative estimate of drug-likeness (QED) is 0.817. The molecule has 0 unspecified atom stereocenters. The van der Waals surface area contributed by atoms with E-state index in [0.29, 0.717) is 0 Å². The lowest BCUT2D eigenvalue weighted by Crippen LogP contribution is -2.44. The van der Waals surface area contributed by atoms with Crippen LogP contribution in [0.15, 0.2) is 53.8 Å². The molecule has 1 aliphatic rings. The van der Waals surface area contributed by atoms with Crippen LogP contribution in [0.3, 0.4) is 0 Å². The van der Waals surface area contributed by atoms with Crippen LogP contribution in [0.1, 0.15) is 5.56 Å². The van der Waals surface area contributed by atoms with E-state index in [9.17, 15) is 0 Å². The number of hydrazone groups is 1. The molecule has 0 N–H and O–H groups in total. The molecule has 0 bridgehead atoms. The molecule has 0 amide bonds. The number of piperazine rings is 1. The van der Waals surface area contributed by atoms with E-state index in [1.807, 2.05) is 54.9 Å². The van der Waals surface area contributed by atoms with E-state index in [-0.39, 0.29) is 0 Å². The highest BCUT2D eigenvalue weighted by molar-refractivity contribution is 6.30. The van der Waals surface area contributed by atoms with Crippen molar-refractivity contribution in [2.24, 2.45) is 5.10 Å². The molecule has 1 aliphatic heterocycles. The van der Waals surface area contributed by atoms with Crippen molar-refractivity contribution in [2.45, 2.75) is 0 Å². The van der Waals surface area contributed by atoms with Crippen molar-refractivity contribution in [2.75, 3.05) is 31.1 Å². The van der Waals surface area contributed by atoms with Crippen molar-refractivity contribution in [3.8, 4) is 0 Å². The van der Waals surface area contributed by atoms with Crippen LogP contribution in [0.2, 0.25) is 5.02 Å². The number of halogens is 1. The van der Waals surface area contributed by atoms with Crippen molar-refractivity contribution in [3.05, 3.63) is 59.2 Å². The van der Waals surface area contributed by atoms with Gasteiger partial charge in [-0.15, -0.1) is 0 Å². The van der Waals surface area contributed by atoms with Crippen LogP contribution in [-0.2, 0) is 0 Å². The van der Waals surface area contributed by atoms with E-state index in [2.05, 4.69) is 20.0 Å². The van der Waals surface area contributed by atoms with Crippen LogP contribution in [0.25, 0.3) is 0 Å². The molecule has 0 aliphatic carbocycles. The fraction of sp³-hybridized carbons (Fsp3) is 0.250. The first-order valence-electron chi connectivity index (χ1n) is 7.02. The second kappa shape index (κ2) is 6.59. The van der Waals surface area contributed by atoms with E-state index in [0.717, 1.165) is 42.6 Å². The molecule has 0 radical (unpaired) electrons. The predicted molar refractivity (Wildman–Crippen MR) is 87.1 cm³/mol. The largest absolute Gasteiger partial charge is 0.353 e. The maximum atomic E-state index is 5.87. The van der Waals surface area contributed by atoms with Crippen LogP contribution in [-0.4, -0.2) is 42.4 Å². The van der Waals surface area contributed by atoms with Gasteiger partial charge in [-0.25, -0.2) is 4.98 Å². The predicted octanol–water partition coefficient (Wildman–Crippen LogP) is 2.89. The van der Waals surface area contributed by atoms with Gasteiger partial charge in [-0.2, -0.15) is 5.10 Å². The molecular weight excluding hydrogens is 284 g/mol. The summed E-state index contributed by atoms with van der Waals surface area (Å²) >= 11 is 5.87. The zero-order chi connectivity index (χ0) is 14.5. The van der Waals surface area contributed by atoms with Gasteiger partial charge in [-0.05, 0) is 29.8 Å². The van der Waals surface area contributed by atoms with Gasteiger partial charge in [0.25, 0.3) is 0 Å². The first kappa shape index (κ1) is 13.9. The molecule has 21 heavy (non-hydrogen) atoms. The minimum absolute atomic E-state index is 0.746. The van der Waals surface area contributed by atoms with Crippen molar-refractivity contribution < 1.29 is 0 Å². The van der Waals surface area contributed by atoms with Crippen molar-refractivity contribution >= 4 is 23.6 Å². The van der Waals surface area contributed by atoms with Gasteiger partial charge in [0, 0.05) is 24.3 Å². The van der Waals surface area contributed by atoms with Gasteiger partial charge in [0.1, 0.15) is 5.82 Å². The third kappa shape index (κ3) is 3.73. The number of hydrogen-bond donors (Lipinski definition) is 0. The van der Waals surface area contributed by atoms with Crippen molar-refractivity contribution in [3.63, 3.8) is 0 Å². The van der Waals surface area contributed by atoms with Crippen LogP contribution < -0.4 is 4.90 Å². The number of rotatable bonds is 3. The average Bonchev–Trinajstić information content (AvgIpc) is 2.56. The van der Waals surface area contributed by atoms with E-state index in [4.69, 9.17) is 11.6 Å². The average molecular weight is 301 g/mol. The lowest BCUT2D eigenvalue weighted by atomic mass is 10.2. The molecule has 0 spiro atoms. The second-order valence-corrected chi connectivity index (χ2v) is 5.36. The third-order valence-corrected chi connectivity index (χ3v) is 3.72. The summed E-state index contributed by atoms with van der Waals surface area (Å²) in [6, 6.07) is 13.7. The third-order valence-electron chi connectivity index (χ3n) is 3.47. The number of hydrogen-bond acceptors (Lipinski definition) is 4. The van der Waals surface area contributed by atoms with Gasteiger partial charge in [0.15, 0.2) is 0 Å². The molecule has 1 aromatic heterocycles. The summed E-state index contributed by atoms with van der Waals surface area (Å²) in [7, 11) is 0. The summed E-state index contributed by atoms with van der Waals surface area (Å²) < 4.78 is 0. The molecule has 1 fully saturated rings. The Morgan fingerprint density at radius 2 is 1.76 bits per heavy atom. The summed E-state index contributed by atoms with van der Waals surface area (Å²) in [5.74, 6) is 1.04. The summed E-state index contributed by atoms with van der Waals surface area (Å²) in [5.41, 5.74) is 1.06. The van der Waals surface area contributed by atoms with E-state index >= 15 is 0 Å². The van der Waals surface area contributed by atoms with Gasteiger partial charge in [0.2, 0.25) is 0 Å². The topological polar surface area (TPSA) is 31.7 Å². The Morgan fingerprint density at radius 3 is 2.43 bits per heavy atom. The monoisotopic (exact) mass is 300 g/mol. The zero-order valence-corrected chi connectivity index (χ0v) is 12.4. The minimum atomic E-state index is 0.746. The Balaban J connectivity index is 1.55. The second-order valence-electron chi connectivity index (χ2n) is 4.92. The number of aromatic nitrogens is 1. The first-order valence-corrected chi connectivity index (χ1v) is 7.39. The maximum absolute atomic E-state index is 5.87. The van der Waals surface area contributed by atoms with Crippen LogP contribution in [0, 0.1) is 0 Å². The lowest BCUT2D eigenvalue weighted by Gasteiger charge is -2.33. The highest BCUT2D eigenvalue weighted by atomic mass is 35.5. The SMILES string of the molecule is Clc1ccc(/C=N\N2CCN(c3ccccn3)CC2)cc1. The Kier molecular flexibility index (Phi) is 4.36. The summed E-state index contributed by atoms with van der Waals surface area (Å²) in [6.07, 6.45) is 3.72. The van der Waals surface area contributed by atoms with Crippen LogP contribution in [0.5, 0.6) is 0 Å². The van der Waals surface area contributed by atoms with Crippen molar-refractivity contribution in [1.82, 2.24) is 9.99 Å². The van der Waals surface area contributed by atoms with E-state index in [1.54, 1.807) is 0 Å². The van der Waals surface area contributed by atoms with Crippen LogP contribution >= 0.6 is 11.6 Å². The fourth-order valence-corrected chi connectivity index (χ4v) is 2.40. The van der Waals surface area contributed by atoms with Crippen molar-refractivity contribution in [1.29, 1.82) is 0 Å². The van der Waals surface area contributed by atoms with Gasteiger partial charge in [-0.1, -0.05) is 29.8 Å². The number of benzene rings is 1. The summed E-state index contributed by atoms with van der Waals surface area (Å²) in [4.78, 5) is 6.67. The molecule has 5 heteroatoms. The summed E-state index contributed by atoms with van der Waals surface area (Å²) in [5, 5.41) is 7.37. The lowest BCUT2D eigenvalue weighted by molar-refractivity contribution is 0.271. The van der Waals surface area contributed by atoms with Gasteiger partial charge in [0.05, 0.1) is 19.3 Å². The van der Waals surface area contributed by atoms with Gasteiger partial charge < -0.3 is 4.90 Å². The molecule has 1 aromatic carbocycles. The zero-order valence-electron chi connectivity index (χ0n) is 11.7. The molecule has 4 nitrogen and oxygen atoms in total. The Hall–Kier alpha value is -2.07. The Bertz CT molecular complexity index is 589. The van der Waals surface area contributed by atoms with E-state index in [1.165, 1.54) is 0 Å². The van der Waals surface area contributed by atoms with Crippen LogP contribution in [0.4, 0.5) is 5.82 Å². The Morgan fingerprint density at radius 1 is 1.00 bits per heavy atom. The minimum Gasteiger partial charge on any atom is -0.353 e. The smallest absolute Gasteiger partial charge is 0.128 e. The molecule has 2 heterocycles. The fourth-order valence-electron chi connectivity index (χ4n) is 2.28. The maximum Gasteiger partial charge on any atom is 0.128 e. The normalized spacial score (nSPS) is 15.7. The molecule has 3 rings (SSSR count). The summed E-state index contributed by atoms with van der Waals surface area (Å²) in [6.45, 7) is 3.69. The molecule has 108 valence electrons.